The van der Waals surface area contributed by atoms with Gasteiger partial charge in [0.05, 0.1) is 0 Å². The Morgan fingerprint density at radius 3 is 2.52 bits per heavy atom. The van der Waals surface area contributed by atoms with Gasteiger partial charge >= 0.3 is 7.12 Å². The Bertz CT molecular complexity index is 743. The maximum absolute atomic E-state index is 12.8. The number of carbonyl (C=O) groups is 1. The highest BCUT2D eigenvalue weighted by Crippen LogP contribution is 2.29. The highest BCUT2D eigenvalue weighted by molar-refractivity contribution is 6.60. The number of carbonyl (C=O) groups excluding carboxylic acids is 1. The molecule has 1 amide bonds. The zero-order chi connectivity index (χ0) is 17.8. The summed E-state index contributed by atoms with van der Waals surface area (Å²) in [5.74, 6) is 0.284. The number of hydrogen-bond acceptors (Lipinski definition) is 4. The van der Waals surface area contributed by atoms with Crippen LogP contribution in [0.15, 0.2) is 48.5 Å². The fraction of sp³-hybridized carbons (Fsp3) is 0.316. The van der Waals surface area contributed by atoms with E-state index in [0.29, 0.717) is 31.1 Å². The normalized spacial score (nSPS) is 15.2. The first-order valence-corrected chi connectivity index (χ1v) is 8.63. The van der Waals surface area contributed by atoms with Gasteiger partial charge in [-0.15, -0.1) is 0 Å². The van der Waals surface area contributed by atoms with Crippen LogP contribution in [0.3, 0.4) is 0 Å². The smallest absolute Gasteiger partial charge is 0.423 e. The summed E-state index contributed by atoms with van der Waals surface area (Å²) in [7, 11) is -1.64. The summed E-state index contributed by atoms with van der Waals surface area (Å²) in [6, 6.07) is 15.0. The molecular weight excluding hydrogens is 315 g/mol. The van der Waals surface area contributed by atoms with Crippen LogP contribution in [-0.4, -0.2) is 41.1 Å². The van der Waals surface area contributed by atoms with Crippen LogP contribution < -0.4 is 11.2 Å². The number of nitrogens with two attached hydrogens (primary N) is 1. The summed E-state index contributed by atoms with van der Waals surface area (Å²) < 4.78 is 0. The monoisotopic (exact) mass is 338 g/mol. The van der Waals surface area contributed by atoms with E-state index in [-0.39, 0.29) is 11.4 Å². The van der Waals surface area contributed by atoms with Gasteiger partial charge in [-0.1, -0.05) is 42.5 Å². The van der Waals surface area contributed by atoms with Crippen LogP contribution in [0, 0.1) is 0 Å². The summed E-state index contributed by atoms with van der Waals surface area (Å²) in [5, 5.41) is 18.9. The Labute approximate surface area is 148 Å². The molecule has 4 N–H and O–H groups in total. The molecule has 2 aromatic rings. The molecule has 0 bridgehead atoms. The van der Waals surface area contributed by atoms with Gasteiger partial charge in [-0.25, -0.2) is 0 Å². The van der Waals surface area contributed by atoms with Crippen molar-refractivity contribution < 1.29 is 14.8 Å². The lowest BCUT2D eigenvalue weighted by Crippen LogP contribution is -2.43. The summed E-state index contributed by atoms with van der Waals surface area (Å²) in [5.41, 5.74) is 8.74. The topological polar surface area (TPSA) is 86.8 Å². The quantitative estimate of drug-likeness (QED) is 0.721. The van der Waals surface area contributed by atoms with Gasteiger partial charge in [0.15, 0.2) is 0 Å². The molecule has 5 nitrogen and oxygen atoms in total. The molecule has 130 valence electrons. The molecule has 1 aliphatic heterocycles. The highest BCUT2D eigenvalue weighted by Gasteiger charge is 2.27. The molecule has 0 atom stereocenters. The molecule has 25 heavy (non-hydrogen) atoms. The number of likely N-dealkylation sites (tertiary alicyclic amines) is 1. The van der Waals surface area contributed by atoms with Gasteiger partial charge in [0.1, 0.15) is 0 Å². The summed E-state index contributed by atoms with van der Waals surface area (Å²) >= 11 is 0. The predicted octanol–water partition coefficient (Wildman–Crippen LogP) is 0.845. The van der Waals surface area contributed by atoms with Gasteiger partial charge in [0, 0.05) is 25.2 Å². The lowest BCUT2D eigenvalue weighted by atomic mass is 9.76. The third-order valence-electron chi connectivity index (χ3n) is 4.91. The van der Waals surface area contributed by atoms with Gasteiger partial charge in [0.25, 0.3) is 5.91 Å². The average molecular weight is 338 g/mol. The van der Waals surface area contributed by atoms with Crippen molar-refractivity contribution >= 4 is 18.5 Å². The second-order valence-corrected chi connectivity index (χ2v) is 6.48. The average Bonchev–Trinajstić information content (AvgIpc) is 2.67. The highest BCUT2D eigenvalue weighted by atomic mass is 16.4. The Balaban J connectivity index is 1.69. The summed E-state index contributed by atoms with van der Waals surface area (Å²) in [4.78, 5) is 14.6. The van der Waals surface area contributed by atoms with Crippen LogP contribution in [0.25, 0.3) is 0 Å². The van der Waals surface area contributed by atoms with Crippen LogP contribution >= 0.6 is 0 Å². The van der Waals surface area contributed by atoms with Crippen LogP contribution in [0.4, 0.5) is 0 Å². The maximum Gasteiger partial charge on any atom is 0.489 e. The largest absolute Gasteiger partial charge is 0.489 e. The number of rotatable bonds is 4. The SMILES string of the molecule is NCc1cccc(C2CCN(C(=O)c3ccccc3B(O)O)CC2)c1. The molecule has 1 heterocycles. The molecule has 0 aromatic heterocycles. The molecule has 0 radical (unpaired) electrons. The first-order chi connectivity index (χ1) is 12.1. The molecule has 0 unspecified atom stereocenters. The minimum atomic E-state index is -1.64. The molecule has 2 aromatic carbocycles. The van der Waals surface area contributed by atoms with Crippen molar-refractivity contribution in [3.8, 4) is 0 Å². The van der Waals surface area contributed by atoms with E-state index >= 15 is 0 Å². The van der Waals surface area contributed by atoms with Crippen LogP contribution in [-0.2, 0) is 6.54 Å². The third kappa shape index (κ3) is 3.92. The predicted molar refractivity (Wildman–Crippen MR) is 98.5 cm³/mol. The molecule has 0 saturated carbocycles. The summed E-state index contributed by atoms with van der Waals surface area (Å²) in [6.45, 7) is 1.85. The molecule has 0 aliphatic carbocycles. The van der Waals surface area contributed by atoms with E-state index in [0.717, 1.165) is 18.4 Å². The molecule has 3 rings (SSSR count). The van der Waals surface area contributed by atoms with Crippen LogP contribution in [0.5, 0.6) is 0 Å². The fourth-order valence-corrected chi connectivity index (χ4v) is 3.48. The maximum atomic E-state index is 12.8. The van der Waals surface area contributed by atoms with Crippen molar-refractivity contribution in [3.63, 3.8) is 0 Å². The van der Waals surface area contributed by atoms with Crippen molar-refractivity contribution in [2.45, 2.75) is 25.3 Å². The molecule has 0 spiro atoms. The molecule has 6 heteroatoms. The van der Waals surface area contributed by atoms with E-state index in [1.807, 2.05) is 12.1 Å². The number of nitrogens with zero attached hydrogens (tertiary/aromatic N) is 1. The Hall–Kier alpha value is -2.15. The molecule has 1 fully saturated rings. The van der Waals surface area contributed by atoms with Crippen LogP contribution in [0.1, 0.15) is 40.2 Å². The number of amides is 1. The van der Waals surface area contributed by atoms with E-state index in [2.05, 4.69) is 12.1 Å². The standard InChI is InChI=1S/C19H23BN2O3/c21-13-14-4-3-5-16(12-14)15-8-10-22(11-9-15)19(23)17-6-1-2-7-18(17)20(24)25/h1-7,12,15,24-25H,8-11,13,21H2. The van der Waals surface area contributed by atoms with E-state index in [9.17, 15) is 14.8 Å². The van der Waals surface area contributed by atoms with Gasteiger partial charge in [-0.05, 0) is 41.4 Å². The second kappa shape index (κ2) is 7.82. The Morgan fingerprint density at radius 1 is 1.12 bits per heavy atom. The number of benzene rings is 2. The van der Waals surface area contributed by atoms with E-state index in [1.54, 1.807) is 29.2 Å². The van der Waals surface area contributed by atoms with Crippen molar-refractivity contribution in [1.82, 2.24) is 4.90 Å². The van der Waals surface area contributed by atoms with Gasteiger partial charge < -0.3 is 20.7 Å². The molecule has 1 aliphatic rings. The Morgan fingerprint density at radius 2 is 1.84 bits per heavy atom. The van der Waals surface area contributed by atoms with Gasteiger partial charge in [0.2, 0.25) is 0 Å². The molecular formula is C19H23BN2O3. The Kier molecular flexibility index (Phi) is 5.53. The first-order valence-electron chi connectivity index (χ1n) is 8.63. The van der Waals surface area contributed by atoms with E-state index in [1.165, 1.54) is 5.56 Å². The lowest BCUT2D eigenvalue weighted by Gasteiger charge is -2.33. The first kappa shape index (κ1) is 17.7. The van der Waals surface area contributed by atoms with E-state index in [4.69, 9.17) is 5.73 Å². The summed E-state index contributed by atoms with van der Waals surface area (Å²) in [6.07, 6.45) is 1.78. The minimum Gasteiger partial charge on any atom is -0.423 e. The van der Waals surface area contributed by atoms with Crippen molar-refractivity contribution in [2.24, 2.45) is 5.73 Å². The van der Waals surface area contributed by atoms with Crippen molar-refractivity contribution in [3.05, 3.63) is 65.2 Å². The molecule has 1 saturated heterocycles. The zero-order valence-electron chi connectivity index (χ0n) is 14.1. The van der Waals surface area contributed by atoms with Gasteiger partial charge in [-0.2, -0.15) is 0 Å². The minimum absolute atomic E-state index is 0.141. The zero-order valence-corrected chi connectivity index (χ0v) is 14.1. The third-order valence-corrected chi connectivity index (χ3v) is 4.91. The number of piperidine rings is 1. The van der Waals surface area contributed by atoms with E-state index < -0.39 is 7.12 Å². The van der Waals surface area contributed by atoms with Crippen molar-refractivity contribution in [1.29, 1.82) is 0 Å². The fourth-order valence-electron chi connectivity index (χ4n) is 3.48. The number of hydrogen-bond donors (Lipinski definition) is 3. The lowest BCUT2D eigenvalue weighted by molar-refractivity contribution is 0.0714. The second-order valence-electron chi connectivity index (χ2n) is 6.48. The van der Waals surface area contributed by atoms with Crippen LogP contribution in [0.2, 0.25) is 0 Å². The van der Waals surface area contributed by atoms with Gasteiger partial charge in [-0.3, -0.25) is 4.79 Å². The van der Waals surface area contributed by atoms with Crippen molar-refractivity contribution in [2.75, 3.05) is 13.1 Å².